The van der Waals surface area contributed by atoms with E-state index in [9.17, 15) is 4.79 Å². The SMILES string of the molecule is CCOCC(=O)N(C)Cc1ccc(Br)cc1. The van der Waals surface area contributed by atoms with Gasteiger partial charge in [-0.05, 0) is 24.6 Å². The first-order chi connectivity index (χ1) is 7.63. The van der Waals surface area contributed by atoms with Gasteiger partial charge in [-0.25, -0.2) is 0 Å². The monoisotopic (exact) mass is 285 g/mol. The van der Waals surface area contributed by atoms with Gasteiger partial charge in [-0.2, -0.15) is 0 Å². The molecule has 1 rings (SSSR count). The number of hydrogen-bond donors (Lipinski definition) is 0. The van der Waals surface area contributed by atoms with Gasteiger partial charge in [-0.3, -0.25) is 4.79 Å². The lowest BCUT2D eigenvalue weighted by Gasteiger charge is -2.17. The fourth-order valence-electron chi connectivity index (χ4n) is 1.25. The summed E-state index contributed by atoms with van der Waals surface area (Å²) in [5.41, 5.74) is 1.11. The number of halogens is 1. The third-order valence-corrected chi connectivity index (χ3v) is 2.72. The van der Waals surface area contributed by atoms with Crippen LogP contribution >= 0.6 is 15.9 Å². The van der Waals surface area contributed by atoms with Gasteiger partial charge in [0, 0.05) is 24.7 Å². The first kappa shape index (κ1) is 13.2. The van der Waals surface area contributed by atoms with Crippen LogP contribution in [0.25, 0.3) is 0 Å². The van der Waals surface area contributed by atoms with E-state index in [0.29, 0.717) is 13.2 Å². The normalized spacial score (nSPS) is 10.2. The Kier molecular flexibility index (Phi) is 5.49. The fourth-order valence-corrected chi connectivity index (χ4v) is 1.52. The molecule has 0 fully saturated rings. The number of likely N-dealkylation sites (N-methyl/N-ethyl adjacent to an activating group) is 1. The topological polar surface area (TPSA) is 29.5 Å². The van der Waals surface area contributed by atoms with Crippen LogP contribution in [0.2, 0.25) is 0 Å². The van der Waals surface area contributed by atoms with Crippen LogP contribution in [0.15, 0.2) is 28.7 Å². The zero-order chi connectivity index (χ0) is 12.0. The summed E-state index contributed by atoms with van der Waals surface area (Å²) < 4.78 is 6.12. The number of amides is 1. The lowest BCUT2D eigenvalue weighted by atomic mass is 10.2. The average Bonchev–Trinajstić information content (AvgIpc) is 2.29. The highest BCUT2D eigenvalue weighted by atomic mass is 79.9. The van der Waals surface area contributed by atoms with Crippen LogP contribution in [0.4, 0.5) is 0 Å². The van der Waals surface area contributed by atoms with Gasteiger partial charge < -0.3 is 9.64 Å². The summed E-state index contributed by atoms with van der Waals surface area (Å²) in [5.74, 6) is 0.00442. The number of carbonyl (C=O) groups excluding carboxylic acids is 1. The van der Waals surface area contributed by atoms with Crippen molar-refractivity contribution in [3.05, 3.63) is 34.3 Å². The third kappa shape index (κ3) is 4.33. The molecule has 0 aliphatic rings. The molecule has 0 saturated heterocycles. The van der Waals surface area contributed by atoms with Gasteiger partial charge in [-0.15, -0.1) is 0 Å². The van der Waals surface area contributed by atoms with E-state index < -0.39 is 0 Å². The van der Waals surface area contributed by atoms with E-state index in [1.165, 1.54) is 0 Å². The molecular formula is C12H16BrNO2. The van der Waals surface area contributed by atoms with Crippen LogP contribution in [0.1, 0.15) is 12.5 Å². The highest BCUT2D eigenvalue weighted by Crippen LogP contribution is 2.11. The highest BCUT2D eigenvalue weighted by molar-refractivity contribution is 9.10. The Bertz CT molecular complexity index is 337. The molecule has 88 valence electrons. The number of hydrogen-bond acceptors (Lipinski definition) is 2. The molecule has 0 bridgehead atoms. The largest absolute Gasteiger partial charge is 0.372 e. The van der Waals surface area contributed by atoms with Crippen molar-refractivity contribution in [3.63, 3.8) is 0 Å². The Morgan fingerprint density at radius 1 is 1.38 bits per heavy atom. The molecule has 0 heterocycles. The number of carbonyl (C=O) groups is 1. The second-order valence-electron chi connectivity index (χ2n) is 3.51. The molecule has 1 aromatic carbocycles. The summed E-state index contributed by atoms with van der Waals surface area (Å²) in [7, 11) is 1.78. The van der Waals surface area contributed by atoms with E-state index in [1.54, 1.807) is 11.9 Å². The lowest BCUT2D eigenvalue weighted by Crippen LogP contribution is -2.29. The molecular weight excluding hydrogens is 270 g/mol. The van der Waals surface area contributed by atoms with Gasteiger partial charge >= 0.3 is 0 Å². The Labute approximate surface area is 105 Å². The van der Waals surface area contributed by atoms with Crippen molar-refractivity contribution in [1.82, 2.24) is 4.90 Å². The second kappa shape index (κ2) is 6.66. The summed E-state index contributed by atoms with van der Waals surface area (Å²) in [5, 5.41) is 0. The minimum atomic E-state index is 0.00442. The second-order valence-corrected chi connectivity index (χ2v) is 4.43. The standard InChI is InChI=1S/C12H16BrNO2/c1-3-16-9-12(15)14(2)8-10-4-6-11(13)7-5-10/h4-7H,3,8-9H2,1-2H3. The third-order valence-electron chi connectivity index (χ3n) is 2.19. The predicted molar refractivity (Wildman–Crippen MR) is 67.1 cm³/mol. The van der Waals surface area contributed by atoms with Gasteiger partial charge in [0.25, 0.3) is 0 Å². The van der Waals surface area contributed by atoms with Crippen LogP contribution in [0.3, 0.4) is 0 Å². The van der Waals surface area contributed by atoms with Crippen molar-refractivity contribution in [1.29, 1.82) is 0 Å². The van der Waals surface area contributed by atoms with Gasteiger partial charge in [0.15, 0.2) is 0 Å². The van der Waals surface area contributed by atoms with Crippen molar-refractivity contribution >= 4 is 21.8 Å². The van der Waals surface area contributed by atoms with Crippen molar-refractivity contribution in [2.75, 3.05) is 20.3 Å². The highest BCUT2D eigenvalue weighted by Gasteiger charge is 2.08. The Balaban J connectivity index is 2.47. The van der Waals surface area contributed by atoms with E-state index in [2.05, 4.69) is 15.9 Å². The summed E-state index contributed by atoms with van der Waals surface area (Å²) >= 11 is 3.37. The molecule has 0 spiro atoms. The molecule has 0 aliphatic heterocycles. The molecule has 1 aromatic rings. The molecule has 1 amide bonds. The van der Waals surface area contributed by atoms with Crippen molar-refractivity contribution in [3.8, 4) is 0 Å². The number of ether oxygens (including phenoxy) is 1. The van der Waals surface area contributed by atoms with Gasteiger partial charge in [-0.1, -0.05) is 28.1 Å². The predicted octanol–water partition coefficient (Wildman–Crippen LogP) is 2.44. The summed E-state index contributed by atoms with van der Waals surface area (Å²) in [4.78, 5) is 13.2. The molecule has 0 N–H and O–H groups in total. The summed E-state index contributed by atoms with van der Waals surface area (Å²) in [6, 6.07) is 7.93. The Morgan fingerprint density at radius 3 is 2.56 bits per heavy atom. The van der Waals surface area contributed by atoms with Crippen molar-refractivity contribution < 1.29 is 9.53 Å². The minimum absolute atomic E-state index is 0.00442. The maximum absolute atomic E-state index is 11.6. The van der Waals surface area contributed by atoms with Gasteiger partial charge in [0.05, 0.1) is 0 Å². The summed E-state index contributed by atoms with van der Waals surface area (Å²) in [6.45, 7) is 3.21. The molecule has 4 heteroatoms. The summed E-state index contributed by atoms with van der Waals surface area (Å²) in [6.07, 6.45) is 0. The molecule has 3 nitrogen and oxygen atoms in total. The zero-order valence-corrected chi connectivity index (χ0v) is 11.2. The van der Waals surface area contributed by atoms with Crippen LogP contribution in [0.5, 0.6) is 0 Å². The van der Waals surface area contributed by atoms with E-state index in [4.69, 9.17) is 4.74 Å². The average molecular weight is 286 g/mol. The number of nitrogens with zero attached hydrogens (tertiary/aromatic N) is 1. The molecule has 16 heavy (non-hydrogen) atoms. The Morgan fingerprint density at radius 2 is 2.00 bits per heavy atom. The molecule has 0 radical (unpaired) electrons. The van der Waals surface area contributed by atoms with E-state index >= 15 is 0 Å². The van der Waals surface area contributed by atoms with E-state index in [1.807, 2.05) is 31.2 Å². The molecule has 0 saturated carbocycles. The van der Waals surface area contributed by atoms with Crippen LogP contribution in [-0.2, 0) is 16.1 Å². The van der Waals surface area contributed by atoms with Gasteiger partial charge in [0.2, 0.25) is 5.91 Å². The maximum atomic E-state index is 11.6. The first-order valence-electron chi connectivity index (χ1n) is 5.19. The Hall–Kier alpha value is -0.870. The minimum Gasteiger partial charge on any atom is -0.372 e. The fraction of sp³-hybridized carbons (Fsp3) is 0.417. The maximum Gasteiger partial charge on any atom is 0.248 e. The van der Waals surface area contributed by atoms with E-state index in [0.717, 1.165) is 10.0 Å². The van der Waals surface area contributed by atoms with E-state index in [-0.39, 0.29) is 12.5 Å². The molecule has 0 atom stereocenters. The first-order valence-corrected chi connectivity index (χ1v) is 5.99. The molecule has 0 aromatic heterocycles. The number of rotatable bonds is 5. The van der Waals surface area contributed by atoms with Crippen molar-refractivity contribution in [2.45, 2.75) is 13.5 Å². The quantitative estimate of drug-likeness (QED) is 0.832. The number of benzene rings is 1. The zero-order valence-electron chi connectivity index (χ0n) is 9.57. The molecule has 0 unspecified atom stereocenters. The van der Waals surface area contributed by atoms with Gasteiger partial charge in [0.1, 0.15) is 6.61 Å². The van der Waals surface area contributed by atoms with Crippen LogP contribution in [0, 0.1) is 0 Å². The lowest BCUT2D eigenvalue weighted by molar-refractivity contribution is -0.135. The van der Waals surface area contributed by atoms with Crippen LogP contribution in [-0.4, -0.2) is 31.1 Å². The van der Waals surface area contributed by atoms with Crippen LogP contribution < -0.4 is 0 Å². The van der Waals surface area contributed by atoms with Crippen molar-refractivity contribution in [2.24, 2.45) is 0 Å². The smallest absolute Gasteiger partial charge is 0.248 e. The molecule has 0 aliphatic carbocycles.